The van der Waals surface area contributed by atoms with Gasteiger partial charge >= 0.3 is 0 Å². The molecule has 0 radical (unpaired) electrons. The normalized spacial score (nSPS) is 10.8. The maximum atomic E-state index is 6.01. The molecule has 0 bridgehead atoms. The minimum Gasteiger partial charge on any atom is -0.493 e. The van der Waals surface area contributed by atoms with E-state index in [-0.39, 0.29) is 24.0 Å². The minimum atomic E-state index is 0. The first-order valence-electron chi connectivity index (χ1n) is 7.72. The van der Waals surface area contributed by atoms with Crippen LogP contribution in [0.4, 0.5) is 0 Å². The van der Waals surface area contributed by atoms with E-state index in [9.17, 15) is 0 Å². The van der Waals surface area contributed by atoms with Crippen LogP contribution in [0.25, 0.3) is 0 Å². The number of rotatable bonds is 7. The van der Waals surface area contributed by atoms with E-state index in [2.05, 4.69) is 26.2 Å². The van der Waals surface area contributed by atoms with Crippen molar-refractivity contribution >= 4 is 57.5 Å². The minimum absolute atomic E-state index is 0. The lowest BCUT2D eigenvalue weighted by Crippen LogP contribution is -2.33. The Morgan fingerprint density at radius 2 is 1.88 bits per heavy atom. The van der Waals surface area contributed by atoms with Crippen LogP contribution in [0.1, 0.15) is 11.1 Å². The molecule has 8 heteroatoms. The molecule has 0 unspecified atom stereocenters. The molecule has 0 saturated heterocycles. The fourth-order valence-corrected chi connectivity index (χ4v) is 2.91. The average Bonchev–Trinajstić information content (AvgIpc) is 2.62. The second-order valence-electron chi connectivity index (χ2n) is 5.30. The molecule has 2 rings (SSSR count). The molecule has 0 heterocycles. The largest absolute Gasteiger partial charge is 0.493 e. The molecule has 142 valence electrons. The highest BCUT2D eigenvalue weighted by atomic mass is 127. The molecule has 0 amide bonds. The molecule has 0 aliphatic carbocycles. The Kier molecular flexibility index (Phi) is 10.1. The fourth-order valence-electron chi connectivity index (χ4n) is 2.27. The Balaban J connectivity index is 0.00000338. The van der Waals surface area contributed by atoms with Gasteiger partial charge in [0.2, 0.25) is 0 Å². The number of methoxy groups -OCH3 is 2. The number of benzene rings is 2. The molecule has 3 N–H and O–H groups in total. The molecule has 0 aliphatic heterocycles. The van der Waals surface area contributed by atoms with Gasteiger partial charge in [0, 0.05) is 16.0 Å². The first-order valence-corrected chi connectivity index (χ1v) is 8.89. The van der Waals surface area contributed by atoms with Crippen LogP contribution in [-0.4, -0.2) is 26.7 Å². The van der Waals surface area contributed by atoms with Gasteiger partial charge in [-0.15, -0.1) is 24.0 Å². The summed E-state index contributed by atoms with van der Waals surface area (Å²) in [6, 6.07) is 11.4. The Morgan fingerprint density at radius 1 is 1.15 bits per heavy atom. The van der Waals surface area contributed by atoms with Crippen molar-refractivity contribution in [2.24, 2.45) is 10.7 Å². The van der Waals surface area contributed by atoms with E-state index in [1.54, 1.807) is 14.2 Å². The lowest BCUT2D eigenvalue weighted by atomic mass is 10.1. The molecule has 2 aromatic carbocycles. The summed E-state index contributed by atoms with van der Waals surface area (Å²) >= 11 is 9.53. The molecular weight excluding hydrogens is 532 g/mol. The van der Waals surface area contributed by atoms with Crippen LogP contribution in [0.3, 0.4) is 0 Å². The molecule has 0 aromatic heterocycles. The van der Waals surface area contributed by atoms with Crippen LogP contribution < -0.4 is 20.5 Å². The number of nitrogens with zero attached hydrogens (tertiary/aromatic N) is 1. The Labute approximate surface area is 184 Å². The SMILES string of the molecule is COc1ccc(CN=C(N)NCCc2cc(Cl)ccc2Br)cc1OC.I. The van der Waals surface area contributed by atoms with Gasteiger partial charge in [-0.3, -0.25) is 0 Å². The van der Waals surface area contributed by atoms with Crippen molar-refractivity contribution in [2.75, 3.05) is 20.8 Å². The third-order valence-corrected chi connectivity index (χ3v) is 4.60. The summed E-state index contributed by atoms with van der Waals surface area (Å²) < 4.78 is 11.5. The van der Waals surface area contributed by atoms with Gasteiger partial charge < -0.3 is 20.5 Å². The first kappa shape index (κ1) is 22.9. The second kappa shape index (κ2) is 11.5. The highest BCUT2D eigenvalue weighted by Gasteiger charge is 2.05. The number of nitrogens with two attached hydrogens (primary N) is 1. The van der Waals surface area contributed by atoms with Gasteiger partial charge in [-0.05, 0) is 47.9 Å². The predicted octanol–water partition coefficient (Wildman–Crippen LogP) is 4.38. The summed E-state index contributed by atoms with van der Waals surface area (Å²) in [6.07, 6.45) is 0.785. The summed E-state index contributed by atoms with van der Waals surface area (Å²) in [5, 5.41) is 3.82. The predicted molar refractivity (Wildman–Crippen MR) is 121 cm³/mol. The lowest BCUT2D eigenvalue weighted by molar-refractivity contribution is 0.354. The molecule has 5 nitrogen and oxygen atoms in total. The summed E-state index contributed by atoms with van der Waals surface area (Å²) in [6.45, 7) is 1.13. The van der Waals surface area contributed by atoms with Crippen molar-refractivity contribution in [3.8, 4) is 11.5 Å². The maximum absolute atomic E-state index is 6.01. The molecule has 0 spiro atoms. The van der Waals surface area contributed by atoms with E-state index >= 15 is 0 Å². The molecular formula is C18H22BrClIN3O2. The number of halogens is 3. The van der Waals surface area contributed by atoms with Crippen molar-refractivity contribution in [1.82, 2.24) is 5.32 Å². The zero-order chi connectivity index (χ0) is 18.2. The maximum Gasteiger partial charge on any atom is 0.188 e. The van der Waals surface area contributed by atoms with Crippen LogP contribution in [0.5, 0.6) is 11.5 Å². The second-order valence-corrected chi connectivity index (χ2v) is 6.59. The van der Waals surface area contributed by atoms with Crippen LogP contribution >= 0.6 is 51.5 Å². The van der Waals surface area contributed by atoms with E-state index in [0.717, 1.165) is 22.0 Å². The van der Waals surface area contributed by atoms with Crippen molar-refractivity contribution in [2.45, 2.75) is 13.0 Å². The zero-order valence-corrected chi connectivity index (χ0v) is 19.3. The van der Waals surface area contributed by atoms with E-state index in [0.29, 0.717) is 35.6 Å². The third kappa shape index (κ3) is 6.85. The topological polar surface area (TPSA) is 68.9 Å². The third-order valence-electron chi connectivity index (χ3n) is 3.59. The molecule has 2 aromatic rings. The summed E-state index contributed by atoms with van der Waals surface area (Å²) in [4.78, 5) is 4.35. The van der Waals surface area contributed by atoms with E-state index in [1.165, 1.54) is 0 Å². The van der Waals surface area contributed by atoms with E-state index < -0.39 is 0 Å². The number of aliphatic imine (C=N–C) groups is 1. The zero-order valence-electron chi connectivity index (χ0n) is 14.6. The average molecular weight is 555 g/mol. The Hall–Kier alpha value is -1.19. The highest BCUT2D eigenvalue weighted by Crippen LogP contribution is 2.27. The molecule has 0 atom stereocenters. The Morgan fingerprint density at radius 3 is 2.58 bits per heavy atom. The van der Waals surface area contributed by atoms with Gasteiger partial charge in [-0.2, -0.15) is 0 Å². The summed E-state index contributed by atoms with van der Waals surface area (Å²) in [5.41, 5.74) is 8.03. The number of guanidine groups is 1. The van der Waals surface area contributed by atoms with Crippen LogP contribution in [0.15, 0.2) is 45.9 Å². The van der Waals surface area contributed by atoms with Crippen molar-refractivity contribution in [3.63, 3.8) is 0 Å². The first-order chi connectivity index (χ1) is 12.0. The van der Waals surface area contributed by atoms with Gasteiger partial charge in [-0.25, -0.2) is 4.99 Å². The number of ether oxygens (including phenoxy) is 2. The van der Waals surface area contributed by atoms with Crippen molar-refractivity contribution in [1.29, 1.82) is 0 Å². The number of hydrogen-bond acceptors (Lipinski definition) is 3. The standard InChI is InChI=1S/C18H21BrClN3O2.HI/c1-24-16-6-3-12(9-17(16)25-2)11-23-18(21)22-8-7-13-10-14(20)4-5-15(13)19;/h3-6,9-10H,7-8,11H2,1-2H3,(H3,21,22,23);1H. The summed E-state index contributed by atoms with van der Waals surface area (Å²) in [5.74, 6) is 1.76. The van der Waals surface area contributed by atoms with E-state index in [4.69, 9.17) is 26.8 Å². The van der Waals surface area contributed by atoms with Gasteiger partial charge in [-0.1, -0.05) is 33.6 Å². The van der Waals surface area contributed by atoms with Gasteiger partial charge in [0.25, 0.3) is 0 Å². The fraction of sp³-hybridized carbons (Fsp3) is 0.278. The molecule has 0 aliphatic rings. The molecule has 0 saturated carbocycles. The Bertz CT molecular complexity index is 759. The highest BCUT2D eigenvalue weighted by molar-refractivity contribution is 14.0. The number of nitrogens with one attached hydrogen (secondary N) is 1. The van der Waals surface area contributed by atoms with Crippen molar-refractivity contribution in [3.05, 3.63) is 57.0 Å². The summed E-state index contributed by atoms with van der Waals surface area (Å²) in [7, 11) is 3.21. The van der Waals surface area contributed by atoms with Gasteiger partial charge in [0.05, 0.1) is 20.8 Å². The van der Waals surface area contributed by atoms with Crippen molar-refractivity contribution < 1.29 is 9.47 Å². The monoisotopic (exact) mass is 553 g/mol. The van der Waals surface area contributed by atoms with Crippen LogP contribution in [0.2, 0.25) is 5.02 Å². The smallest absolute Gasteiger partial charge is 0.188 e. The molecule has 26 heavy (non-hydrogen) atoms. The van der Waals surface area contributed by atoms with Crippen LogP contribution in [-0.2, 0) is 13.0 Å². The van der Waals surface area contributed by atoms with Gasteiger partial charge in [0.15, 0.2) is 17.5 Å². The van der Waals surface area contributed by atoms with Crippen LogP contribution in [0, 0.1) is 0 Å². The number of hydrogen-bond donors (Lipinski definition) is 2. The lowest BCUT2D eigenvalue weighted by Gasteiger charge is -2.09. The van der Waals surface area contributed by atoms with Gasteiger partial charge in [0.1, 0.15) is 0 Å². The quantitative estimate of drug-likeness (QED) is 0.303. The van der Waals surface area contributed by atoms with E-state index in [1.807, 2.05) is 36.4 Å². The molecule has 0 fully saturated rings.